The summed E-state index contributed by atoms with van der Waals surface area (Å²) in [5.74, 6) is -2.80. The molecule has 0 spiro atoms. The molecule has 2 aliphatic rings. The summed E-state index contributed by atoms with van der Waals surface area (Å²) in [4.78, 5) is 98.7. The number of benzene rings is 2. The third kappa shape index (κ3) is 15.0. The maximum absolute atomic E-state index is 13.1. The van der Waals surface area contributed by atoms with Crippen LogP contribution in [0.4, 0.5) is 9.59 Å². The van der Waals surface area contributed by atoms with Crippen LogP contribution in [-0.4, -0.2) is 89.1 Å². The minimum atomic E-state index is -1.23. The predicted molar refractivity (Wildman–Crippen MR) is 247 cm³/mol. The van der Waals surface area contributed by atoms with Gasteiger partial charge in [0.25, 0.3) is 0 Å². The van der Waals surface area contributed by atoms with Crippen LogP contribution >= 0.6 is 34.8 Å². The molecule has 6 atom stereocenters. The molecule has 2 amide bonds. The Labute approximate surface area is 397 Å². The standard InChI is InChI=1S/C24H32ClNO6.C15H17Cl2NO3.C9H16O3/c1-5-16(2)18(14-17(3)27)22(29)31-15-32-23(30)26(4)24(13-9-8-12-21(24)28)19-10-6-7-11-20(19)25;1-18(14(20)21-10-16)15(9-5-4-8-13(15)19)11-6-2-3-7-12(11)17;1-4-6(2)8(9(11)12)5-7(3)10/h6-7,10-11,16,18H,5,8-9,12-15H2,1-4H3;2-3,6-7H,4-5,8-10H2,1H3;6,8H,4-5H2,1-3H3,(H,11,12)/t16?,18-,24+;15-;6?,8-/m010/s1. The number of nitrogens with zero attached hydrogens (tertiary/aromatic N) is 2. The molecule has 0 bridgehead atoms. The van der Waals surface area contributed by atoms with Gasteiger partial charge in [-0.05, 0) is 76.3 Å². The maximum Gasteiger partial charge on any atom is 0.413 e. The van der Waals surface area contributed by atoms with Crippen molar-refractivity contribution in [1.82, 2.24) is 9.80 Å². The van der Waals surface area contributed by atoms with E-state index in [1.165, 1.54) is 30.7 Å². The number of amides is 2. The van der Waals surface area contributed by atoms with Gasteiger partial charge in [-0.25, -0.2) is 9.59 Å². The first kappa shape index (κ1) is 56.6. The van der Waals surface area contributed by atoms with Gasteiger partial charge in [0.1, 0.15) is 22.6 Å². The first-order chi connectivity index (χ1) is 30.7. The number of esters is 1. The number of halogens is 3. The molecule has 1 N–H and O–H groups in total. The zero-order chi connectivity index (χ0) is 49.1. The van der Waals surface area contributed by atoms with Crippen molar-refractivity contribution in [2.75, 3.05) is 27.0 Å². The zero-order valence-corrected chi connectivity index (χ0v) is 41.1. The number of alkyl halides is 1. The van der Waals surface area contributed by atoms with E-state index in [2.05, 4.69) is 0 Å². The molecule has 4 rings (SSSR count). The van der Waals surface area contributed by atoms with Gasteiger partial charge in [0.15, 0.2) is 17.6 Å². The average molecular weight is 968 g/mol. The number of aliphatic carboxylic acids is 1. The van der Waals surface area contributed by atoms with Gasteiger partial charge in [-0.3, -0.25) is 29.0 Å². The predicted octanol–water partition coefficient (Wildman–Crippen LogP) is 10.5. The van der Waals surface area contributed by atoms with E-state index < -0.39 is 53.8 Å². The fourth-order valence-corrected chi connectivity index (χ4v) is 8.97. The minimum Gasteiger partial charge on any atom is -0.481 e. The number of carboxylic acid groups (broad SMARTS) is 1. The Kier molecular flexibility index (Phi) is 23.7. The number of likely N-dealkylation sites (N-methyl/N-ethyl adjacent to an activating group) is 2. The molecule has 65 heavy (non-hydrogen) atoms. The summed E-state index contributed by atoms with van der Waals surface area (Å²) < 4.78 is 15.2. The summed E-state index contributed by atoms with van der Waals surface area (Å²) in [5.41, 5.74) is -1.10. The maximum atomic E-state index is 13.1. The van der Waals surface area contributed by atoms with E-state index in [1.54, 1.807) is 49.5 Å². The van der Waals surface area contributed by atoms with Crippen molar-refractivity contribution >= 4 is 82.1 Å². The molecule has 14 nitrogen and oxygen atoms in total. The number of carbonyl (C=O) groups is 8. The number of hydrogen-bond donors (Lipinski definition) is 1. The summed E-state index contributed by atoms with van der Waals surface area (Å²) in [6.45, 7) is 9.85. The molecule has 0 radical (unpaired) electrons. The van der Waals surface area contributed by atoms with Gasteiger partial charge in [-0.1, -0.05) is 112 Å². The van der Waals surface area contributed by atoms with Gasteiger partial charge >= 0.3 is 24.1 Å². The van der Waals surface area contributed by atoms with Crippen molar-refractivity contribution in [3.63, 3.8) is 0 Å². The molecular weight excluding hydrogens is 903 g/mol. The lowest BCUT2D eigenvalue weighted by molar-refractivity contribution is -0.161. The Morgan fingerprint density at radius 3 is 1.43 bits per heavy atom. The van der Waals surface area contributed by atoms with Gasteiger partial charge in [0.05, 0.1) is 11.8 Å². The Morgan fingerprint density at radius 2 is 1.06 bits per heavy atom. The Bertz CT molecular complexity index is 1980. The molecular formula is C48H65Cl3N2O12. The van der Waals surface area contributed by atoms with E-state index in [0.717, 1.165) is 32.1 Å². The van der Waals surface area contributed by atoms with E-state index in [-0.39, 0.29) is 53.9 Å². The van der Waals surface area contributed by atoms with Gasteiger partial charge in [0.2, 0.25) is 6.79 Å². The normalized spacial score (nSPS) is 19.9. The highest BCUT2D eigenvalue weighted by molar-refractivity contribution is 6.32. The average Bonchev–Trinajstić information content (AvgIpc) is 3.27. The second-order valence-corrected chi connectivity index (χ2v) is 17.7. The summed E-state index contributed by atoms with van der Waals surface area (Å²) in [6, 6.07) is 13.8. The summed E-state index contributed by atoms with van der Waals surface area (Å²) in [7, 11) is 3.05. The smallest absolute Gasteiger partial charge is 0.413 e. The molecule has 2 aromatic carbocycles. The SMILES string of the molecule is CCC(C)[C@H](CC(C)=O)C(=O)O.CCC(C)[C@H](CC(C)=O)C(=O)OCOC(=O)N(C)[C@@]1(c2ccccc2Cl)CCCCC1=O.CN(C(=O)OCCl)[C@@]1(c2ccccc2Cl)CCCCC1=O. The molecule has 0 saturated heterocycles. The monoisotopic (exact) mass is 966 g/mol. The van der Waals surface area contributed by atoms with Crippen molar-refractivity contribution in [2.24, 2.45) is 23.7 Å². The molecule has 0 heterocycles. The highest BCUT2D eigenvalue weighted by atomic mass is 35.5. The van der Waals surface area contributed by atoms with Crippen LogP contribution in [0.1, 0.15) is 130 Å². The molecule has 2 aliphatic carbocycles. The number of carboxylic acids is 1. The van der Waals surface area contributed by atoms with Crippen molar-refractivity contribution < 1.29 is 57.7 Å². The minimum absolute atomic E-state index is 0.0177. The fourth-order valence-electron chi connectivity index (χ4n) is 8.29. The van der Waals surface area contributed by atoms with Gasteiger partial charge in [-0.2, -0.15) is 0 Å². The molecule has 0 aliphatic heterocycles. The lowest BCUT2D eigenvalue weighted by Crippen LogP contribution is -2.54. The van der Waals surface area contributed by atoms with Crippen LogP contribution in [0.5, 0.6) is 0 Å². The van der Waals surface area contributed by atoms with Gasteiger partial charge in [0, 0.05) is 61.0 Å². The van der Waals surface area contributed by atoms with Crippen LogP contribution < -0.4 is 0 Å². The Hall–Kier alpha value is -4.53. The van der Waals surface area contributed by atoms with E-state index in [1.807, 2.05) is 33.8 Å². The molecule has 2 fully saturated rings. The molecule has 17 heteroatoms. The molecule has 0 aromatic heterocycles. The second-order valence-electron chi connectivity index (χ2n) is 16.7. The van der Waals surface area contributed by atoms with E-state index >= 15 is 0 Å². The third-order valence-electron chi connectivity index (χ3n) is 12.5. The number of Topliss-reactive ketones (excluding diaryl/α,β-unsaturated/α-hetero) is 4. The third-order valence-corrected chi connectivity index (χ3v) is 13.3. The van der Waals surface area contributed by atoms with E-state index in [4.69, 9.17) is 54.1 Å². The van der Waals surface area contributed by atoms with Crippen molar-refractivity contribution in [2.45, 2.75) is 130 Å². The highest BCUT2D eigenvalue weighted by Crippen LogP contribution is 2.44. The first-order valence-corrected chi connectivity index (χ1v) is 23.3. The number of ether oxygens (including phenoxy) is 3. The van der Waals surface area contributed by atoms with E-state index in [9.17, 15) is 38.4 Å². The summed E-state index contributed by atoms with van der Waals surface area (Å²) in [5, 5.41) is 9.64. The second kappa shape index (κ2) is 27.2. The highest BCUT2D eigenvalue weighted by Gasteiger charge is 2.50. The van der Waals surface area contributed by atoms with Crippen molar-refractivity contribution in [3.8, 4) is 0 Å². The number of hydrogen-bond acceptors (Lipinski definition) is 11. The number of rotatable bonds is 17. The topological polar surface area (TPSA) is 191 Å². The van der Waals surface area contributed by atoms with Crippen LogP contribution in [0.2, 0.25) is 10.0 Å². The Balaban J connectivity index is 0.000000376. The Morgan fingerprint density at radius 1 is 0.662 bits per heavy atom. The molecule has 2 saturated carbocycles. The zero-order valence-electron chi connectivity index (χ0n) is 38.8. The van der Waals surface area contributed by atoms with Gasteiger partial charge < -0.3 is 28.9 Å². The van der Waals surface area contributed by atoms with Crippen LogP contribution in [-0.2, 0) is 54.1 Å². The van der Waals surface area contributed by atoms with Crippen molar-refractivity contribution in [3.05, 3.63) is 69.7 Å². The summed E-state index contributed by atoms with van der Waals surface area (Å²) in [6.07, 6.45) is 5.20. The lowest BCUT2D eigenvalue weighted by Gasteiger charge is -2.43. The van der Waals surface area contributed by atoms with Crippen LogP contribution in [0.25, 0.3) is 0 Å². The summed E-state index contributed by atoms with van der Waals surface area (Å²) >= 11 is 18.1. The van der Waals surface area contributed by atoms with E-state index in [0.29, 0.717) is 53.3 Å². The fraction of sp³-hybridized carbons (Fsp3) is 0.583. The van der Waals surface area contributed by atoms with Crippen LogP contribution in [0.3, 0.4) is 0 Å². The van der Waals surface area contributed by atoms with Gasteiger partial charge in [-0.15, -0.1) is 0 Å². The molecule has 2 unspecified atom stereocenters. The molecule has 360 valence electrons. The van der Waals surface area contributed by atoms with Crippen molar-refractivity contribution in [1.29, 1.82) is 0 Å². The van der Waals surface area contributed by atoms with Crippen LogP contribution in [0, 0.1) is 23.7 Å². The first-order valence-electron chi connectivity index (χ1n) is 22.0. The number of ketones is 4. The number of carbonyl (C=O) groups excluding carboxylic acids is 7. The van der Waals surface area contributed by atoms with Crippen LogP contribution in [0.15, 0.2) is 48.5 Å². The molecule has 2 aromatic rings. The largest absolute Gasteiger partial charge is 0.481 e. The quantitative estimate of drug-likeness (QED) is 0.0898. The lowest BCUT2D eigenvalue weighted by atomic mass is 9.74.